The van der Waals surface area contributed by atoms with Crippen LogP contribution in [-0.2, 0) is 11.3 Å². The Morgan fingerprint density at radius 1 is 1.38 bits per heavy atom. The summed E-state index contributed by atoms with van der Waals surface area (Å²) in [5.74, 6) is -0.275. The first-order valence-electron chi connectivity index (χ1n) is 5.02. The number of nitrogens with two attached hydrogens (primary N) is 1. The van der Waals surface area contributed by atoms with Crippen molar-refractivity contribution in [3.8, 4) is 0 Å². The standard InChI is InChI=1S/C11H14Cl2N2O/c12-9-3-4-10(13)8(6-9)7-15-5-1-2-11(14)16/h3-4,6,15H,1-2,5,7H2,(H2,14,16). The molecule has 88 valence electrons. The van der Waals surface area contributed by atoms with Crippen LogP contribution >= 0.6 is 23.2 Å². The van der Waals surface area contributed by atoms with E-state index >= 15 is 0 Å². The van der Waals surface area contributed by atoms with E-state index in [1.807, 2.05) is 6.07 Å². The number of rotatable bonds is 6. The number of nitrogens with one attached hydrogen (secondary N) is 1. The highest BCUT2D eigenvalue weighted by atomic mass is 35.5. The lowest BCUT2D eigenvalue weighted by molar-refractivity contribution is -0.118. The van der Waals surface area contributed by atoms with E-state index in [0.29, 0.717) is 23.0 Å². The normalized spacial score (nSPS) is 10.4. The molecule has 0 saturated carbocycles. The summed E-state index contributed by atoms with van der Waals surface area (Å²) < 4.78 is 0. The van der Waals surface area contributed by atoms with Gasteiger partial charge in [-0.15, -0.1) is 0 Å². The summed E-state index contributed by atoms with van der Waals surface area (Å²) in [5, 5.41) is 4.53. The Morgan fingerprint density at radius 2 is 2.12 bits per heavy atom. The van der Waals surface area contributed by atoms with E-state index < -0.39 is 0 Å². The number of amides is 1. The summed E-state index contributed by atoms with van der Waals surface area (Å²) in [6.45, 7) is 1.37. The van der Waals surface area contributed by atoms with Crippen LogP contribution in [0.4, 0.5) is 0 Å². The monoisotopic (exact) mass is 260 g/mol. The summed E-state index contributed by atoms with van der Waals surface area (Å²) in [6, 6.07) is 5.34. The van der Waals surface area contributed by atoms with Crippen LogP contribution in [-0.4, -0.2) is 12.5 Å². The molecule has 0 atom stereocenters. The molecule has 1 aromatic carbocycles. The van der Waals surface area contributed by atoms with Gasteiger partial charge in [0.15, 0.2) is 0 Å². The number of benzene rings is 1. The Labute approximate surface area is 105 Å². The molecule has 0 saturated heterocycles. The molecule has 0 aliphatic carbocycles. The zero-order valence-corrected chi connectivity index (χ0v) is 10.3. The molecule has 3 N–H and O–H groups in total. The molecule has 0 bridgehead atoms. The van der Waals surface area contributed by atoms with Crippen LogP contribution in [0.15, 0.2) is 18.2 Å². The topological polar surface area (TPSA) is 55.1 Å². The van der Waals surface area contributed by atoms with Gasteiger partial charge in [0.2, 0.25) is 5.91 Å². The van der Waals surface area contributed by atoms with Gasteiger partial charge in [-0.3, -0.25) is 4.79 Å². The molecule has 5 heteroatoms. The van der Waals surface area contributed by atoms with Gasteiger partial charge < -0.3 is 11.1 Å². The number of carbonyl (C=O) groups is 1. The van der Waals surface area contributed by atoms with E-state index in [-0.39, 0.29) is 5.91 Å². The van der Waals surface area contributed by atoms with Crippen LogP contribution in [0, 0.1) is 0 Å². The van der Waals surface area contributed by atoms with Crippen molar-refractivity contribution in [2.45, 2.75) is 19.4 Å². The van der Waals surface area contributed by atoms with Crippen LogP contribution in [0.5, 0.6) is 0 Å². The first kappa shape index (κ1) is 13.3. The second-order valence-corrected chi connectivity index (χ2v) is 4.33. The minimum Gasteiger partial charge on any atom is -0.370 e. The van der Waals surface area contributed by atoms with Crippen LogP contribution in [0.1, 0.15) is 18.4 Å². The summed E-state index contributed by atoms with van der Waals surface area (Å²) in [6.07, 6.45) is 1.13. The highest BCUT2D eigenvalue weighted by molar-refractivity contribution is 6.33. The molecule has 1 aromatic rings. The van der Waals surface area contributed by atoms with Crippen molar-refractivity contribution in [1.82, 2.24) is 5.32 Å². The second kappa shape index (κ2) is 6.74. The van der Waals surface area contributed by atoms with E-state index in [1.54, 1.807) is 12.1 Å². The van der Waals surface area contributed by atoms with Crippen molar-refractivity contribution in [2.24, 2.45) is 5.73 Å². The molecule has 0 aliphatic heterocycles. The molecule has 0 radical (unpaired) electrons. The lowest BCUT2D eigenvalue weighted by Crippen LogP contribution is -2.18. The Bertz CT molecular complexity index is 369. The van der Waals surface area contributed by atoms with Crippen molar-refractivity contribution in [2.75, 3.05) is 6.54 Å². The third-order valence-corrected chi connectivity index (χ3v) is 2.70. The summed E-state index contributed by atoms with van der Waals surface area (Å²) in [4.78, 5) is 10.5. The molecular formula is C11H14Cl2N2O. The summed E-state index contributed by atoms with van der Waals surface area (Å²) in [5.41, 5.74) is 5.98. The lowest BCUT2D eigenvalue weighted by Gasteiger charge is -2.06. The van der Waals surface area contributed by atoms with Gasteiger partial charge in [-0.1, -0.05) is 23.2 Å². The predicted octanol–water partition coefficient (Wildman–Crippen LogP) is 2.35. The molecule has 0 aromatic heterocycles. The fourth-order valence-corrected chi connectivity index (χ4v) is 1.67. The van der Waals surface area contributed by atoms with Crippen molar-refractivity contribution in [3.63, 3.8) is 0 Å². The molecule has 1 amide bonds. The van der Waals surface area contributed by atoms with Crippen molar-refractivity contribution in [3.05, 3.63) is 33.8 Å². The van der Waals surface area contributed by atoms with Crippen molar-refractivity contribution in [1.29, 1.82) is 0 Å². The second-order valence-electron chi connectivity index (χ2n) is 3.48. The molecule has 1 rings (SSSR count). The molecular weight excluding hydrogens is 247 g/mol. The molecule has 0 heterocycles. The Balaban J connectivity index is 2.31. The third-order valence-electron chi connectivity index (χ3n) is 2.10. The maximum atomic E-state index is 10.5. The van der Waals surface area contributed by atoms with Crippen molar-refractivity contribution < 1.29 is 4.79 Å². The van der Waals surface area contributed by atoms with E-state index in [0.717, 1.165) is 18.5 Å². The Kier molecular flexibility index (Phi) is 5.60. The van der Waals surface area contributed by atoms with Gasteiger partial charge in [-0.25, -0.2) is 0 Å². The van der Waals surface area contributed by atoms with E-state index in [2.05, 4.69) is 5.32 Å². The van der Waals surface area contributed by atoms with Crippen molar-refractivity contribution >= 4 is 29.1 Å². The van der Waals surface area contributed by atoms with Gasteiger partial charge in [-0.05, 0) is 36.7 Å². The van der Waals surface area contributed by atoms with Crippen LogP contribution in [0.3, 0.4) is 0 Å². The average Bonchev–Trinajstić information content (AvgIpc) is 2.22. The number of primary amides is 1. The van der Waals surface area contributed by atoms with Crippen LogP contribution in [0.25, 0.3) is 0 Å². The third kappa shape index (κ3) is 4.84. The molecule has 0 unspecified atom stereocenters. The molecule has 0 spiro atoms. The lowest BCUT2D eigenvalue weighted by atomic mass is 10.2. The Morgan fingerprint density at radius 3 is 2.81 bits per heavy atom. The van der Waals surface area contributed by atoms with E-state index in [1.165, 1.54) is 0 Å². The molecule has 16 heavy (non-hydrogen) atoms. The SMILES string of the molecule is NC(=O)CCCNCc1cc(Cl)ccc1Cl. The van der Waals surface area contributed by atoms with Gasteiger partial charge in [0.25, 0.3) is 0 Å². The molecule has 0 aliphatic rings. The van der Waals surface area contributed by atoms with E-state index in [4.69, 9.17) is 28.9 Å². The summed E-state index contributed by atoms with van der Waals surface area (Å²) in [7, 11) is 0. The minimum absolute atomic E-state index is 0.275. The van der Waals surface area contributed by atoms with Gasteiger partial charge in [0, 0.05) is 23.0 Å². The maximum absolute atomic E-state index is 10.5. The highest BCUT2D eigenvalue weighted by Gasteiger charge is 2.01. The maximum Gasteiger partial charge on any atom is 0.217 e. The highest BCUT2D eigenvalue weighted by Crippen LogP contribution is 2.20. The number of halogens is 2. The molecule has 3 nitrogen and oxygen atoms in total. The van der Waals surface area contributed by atoms with Gasteiger partial charge in [0.05, 0.1) is 0 Å². The van der Waals surface area contributed by atoms with Gasteiger partial charge >= 0.3 is 0 Å². The van der Waals surface area contributed by atoms with Gasteiger partial charge in [-0.2, -0.15) is 0 Å². The summed E-state index contributed by atoms with van der Waals surface area (Å²) >= 11 is 11.8. The largest absolute Gasteiger partial charge is 0.370 e. The minimum atomic E-state index is -0.275. The van der Waals surface area contributed by atoms with Crippen LogP contribution < -0.4 is 11.1 Å². The fourth-order valence-electron chi connectivity index (χ4n) is 1.29. The van der Waals surface area contributed by atoms with Gasteiger partial charge in [0.1, 0.15) is 0 Å². The fraction of sp³-hybridized carbons (Fsp3) is 0.364. The van der Waals surface area contributed by atoms with E-state index in [9.17, 15) is 4.79 Å². The predicted molar refractivity (Wildman–Crippen MR) is 66.6 cm³/mol. The zero-order chi connectivity index (χ0) is 12.0. The average molecular weight is 261 g/mol. The zero-order valence-electron chi connectivity index (χ0n) is 8.80. The molecule has 0 fully saturated rings. The first-order chi connectivity index (χ1) is 7.59. The number of hydrogen-bond acceptors (Lipinski definition) is 2. The van der Waals surface area contributed by atoms with Crippen LogP contribution in [0.2, 0.25) is 10.0 Å². The number of hydrogen-bond donors (Lipinski definition) is 2. The quantitative estimate of drug-likeness (QED) is 0.772. The Hall–Kier alpha value is -0.770. The smallest absolute Gasteiger partial charge is 0.217 e. The first-order valence-corrected chi connectivity index (χ1v) is 5.78. The number of carbonyl (C=O) groups excluding carboxylic acids is 1.